The first-order valence-corrected chi connectivity index (χ1v) is 7.85. The Kier molecular flexibility index (Phi) is 4.33. The molecule has 0 unspecified atom stereocenters. The van der Waals surface area contributed by atoms with Crippen LogP contribution in [0, 0.1) is 0 Å². The summed E-state index contributed by atoms with van der Waals surface area (Å²) in [4.78, 5) is 12.1. The van der Waals surface area contributed by atoms with Gasteiger partial charge in [0.15, 0.2) is 0 Å². The Morgan fingerprint density at radius 2 is 1.59 bits per heavy atom. The van der Waals surface area contributed by atoms with E-state index in [2.05, 4.69) is 49.1 Å². The lowest BCUT2D eigenvalue weighted by Crippen LogP contribution is -2.31. The largest absolute Gasteiger partial charge is 0.357 e. The minimum Gasteiger partial charge on any atom is -0.357 e. The van der Waals surface area contributed by atoms with E-state index in [0.29, 0.717) is 6.54 Å². The number of hydrogen-bond acceptors (Lipinski definition) is 3. The molecule has 3 rings (SSSR count). The zero-order valence-corrected chi connectivity index (χ0v) is 13.2. The van der Waals surface area contributed by atoms with E-state index in [0.717, 1.165) is 41.5 Å². The molecule has 1 aliphatic heterocycles. The van der Waals surface area contributed by atoms with Crippen molar-refractivity contribution < 1.29 is 0 Å². The average Bonchev–Trinajstić information content (AvgIpc) is 2.77. The van der Waals surface area contributed by atoms with Gasteiger partial charge in [0.2, 0.25) is 0 Å². The lowest BCUT2D eigenvalue weighted by molar-refractivity contribution is 0.465. The van der Waals surface area contributed by atoms with Crippen molar-refractivity contribution in [3.8, 4) is 0 Å². The number of benzene rings is 2. The molecule has 0 atom stereocenters. The summed E-state index contributed by atoms with van der Waals surface area (Å²) in [5.41, 5.74) is 4.29. The maximum Gasteiger partial charge on any atom is 0.133 e. The highest BCUT2D eigenvalue weighted by molar-refractivity contribution is 6.11. The van der Waals surface area contributed by atoms with Gasteiger partial charge >= 0.3 is 0 Å². The van der Waals surface area contributed by atoms with E-state index in [4.69, 9.17) is 9.98 Å². The Labute approximate surface area is 132 Å². The fourth-order valence-corrected chi connectivity index (χ4v) is 2.76. The molecule has 2 aromatic rings. The Morgan fingerprint density at radius 3 is 2.32 bits per heavy atom. The summed E-state index contributed by atoms with van der Waals surface area (Å²) < 4.78 is 0. The van der Waals surface area contributed by atoms with Gasteiger partial charge in [-0.05, 0) is 31.5 Å². The normalized spacial score (nSPS) is 13.7. The Balaban J connectivity index is 2.09. The molecular formula is C19H21N3. The molecule has 0 saturated carbocycles. The molecule has 0 spiro atoms. The van der Waals surface area contributed by atoms with Crippen LogP contribution in [0.4, 0.5) is 5.69 Å². The van der Waals surface area contributed by atoms with E-state index in [1.807, 2.05) is 24.3 Å². The molecule has 0 aliphatic carbocycles. The van der Waals surface area contributed by atoms with Crippen molar-refractivity contribution in [1.82, 2.24) is 4.90 Å². The second kappa shape index (κ2) is 6.56. The van der Waals surface area contributed by atoms with Crippen LogP contribution >= 0.6 is 0 Å². The van der Waals surface area contributed by atoms with E-state index in [1.54, 1.807) is 0 Å². The average molecular weight is 291 g/mol. The van der Waals surface area contributed by atoms with Gasteiger partial charge in [0, 0.05) is 18.7 Å². The third-order valence-corrected chi connectivity index (χ3v) is 3.95. The monoisotopic (exact) mass is 291 g/mol. The predicted molar refractivity (Wildman–Crippen MR) is 93.4 cm³/mol. The SMILES string of the molecule is CCN(CC)C1=NCC(c2ccccc2)=Nc2ccccc21. The standard InChI is InChI=1S/C19H21N3/c1-3-22(4-2)19-16-12-8-9-13-17(16)21-18(14-20-19)15-10-6-5-7-11-15/h5-13H,3-4,14H2,1-2H3. The molecule has 0 aromatic heterocycles. The van der Waals surface area contributed by atoms with Crippen molar-refractivity contribution >= 4 is 17.2 Å². The number of fused-ring (bicyclic) bond motifs is 1. The molecule has 2 aromatic carbocycles. The third-order valence-electron chi connectivity index (χ3n) is 3.95. The van der Waals surface area contributed by atoms with Crippen LogP contribution in [-0.2, 0) is 0 Å². The molecule has 112 valence electrons. The van der Waals surface area contributed by atoms with Gasteiger partial charge in [0.1, 0.15) is 5.84 Å². The molecule has 3 nitrogen and oxygen atoms in total. The minimum absolute atomic E-state index is 0.616. The summed E-state index contributed by atoms with van der Waals surface area (Å²) >= 11 is 0. The second-order valence-electron chi connectivity index (χ2n) is 5.25. The van der Waals surface area contributed by atoms with Crippen molar-refractivity contribution in [2.24, 2.45) is 9.98 Å². The van der Waals surface area contributed by atoms with Crippen LogP contribution in [0.25, 0.3) is 0 Å². The van der Waals surface area contributed by atoms with Crippen LogP contribution in [0.2, 0.25) is 0 Å². The van der Waals surface area contributed by atoms with Crippen molar-refractivity contribution in [3.63, 3.8) is 0 Å². The van der Waals surface area contributed by atoms with Gasteiger partial charge in [0.05, 0.1) is 17.9 Å². The van der Waals surface area contributed by atoms with Crippen LogP contribution in [0.3, 0.4) is 0 Å². The quantitative estimate of drug-likeness (QED) is 0.842. The molecule has 0 bridgehead atoms. The highest BCUT2D eigenvalue weighted by Gasteiger charge is 2.18. The highest BCUT2D eigenvalue weighted by Crippen LogP contribution is 2.25. The van der Waals surface area contributed by atoms with E-state index in [9.17, 15) is 0 Å². The van der Waals surface area contributed by atoms with Crippen LogP contribution in [0.15, 0.2) is 64.6 Å². The summed E-state index contributed by atoms with van der Waals surface area (Å²) in [5, 5.41) is 0. The summed E-state index contributed by atoms with van der Waals surface area (Å²) in [7, 11) is 0. The van der Waals surface area contributed by atoms with E-state index in [1.165, 1.54) is 0 Å². The van der Waals surface area contributed by atoms with E-state index in [-0.39, 0.29) is 0 Å². The molecular weight excluding hydrogens is 270 g/mol. The first-order valence-electron chi connectivity index (χ1n) is 7.85. The lowest BCUT2D eigenvalue weighted by Gasteiger charge is -2.23. The number of amidine groups is 1. The van der Waals surface area contributed by atoms with Crippen LogP contribution in [0.1, 0.15) is 25.0 Å². The van der Waals surface area contributed by atoms with Gasteiger partial charge in [-0.1, -0.05) is 42.5 Å². The van der Waals surface area contributed by atoms with Gasteiger partial charge in [-0.15, -0.1) is 0 Å². The van der Waals surface area contributed by atoms with Crippen LogP contribution < -0.4 is 0 Å². The first-order chi connectivity index (χ1) is 10.8. The maximum atomic E-state index is 4.89. The molecule has 22 heavy (non-hydrogen) atoms. The fourth-order valence-electron chi connectivity index (χ4n) is 2.76. The fraction of sp³-hybridized carbons (Fsp3) is 0.263. The predicted octanol–water partition coefficient (Wildman–Crippen LogP) is 3.91. The van der Waals surface area contributed by atoms with E-state index < -0.39 is 0 Å². The zero-order valence-electron chi connectivity index (χ0n) is 13.2. The zero-order chi connectivity index (χ0) is 15.4. The highest BCUT2D eigenvalue weighted by atomic mass is 15.2. The number of nitrogens with zero attached hydrogens (tertiary/aromatic N) is 3. The second-order valence-corrected chi connectivity index (χ2v) is 5.25. The Bertz CT molecular complexity index is 698. The van der Waals surface area contributed by atoms with Gasteiger partial charge < -0.3 is 4.90 Å². The molecule has 1 heterocycles. The van der Waals surface area contributed by atoms with Crippen molar-refractivity contribution in [3.05, 3.63) is 65.7 Å². The van der Waals surface area contributed by atoms with Crippen molar-refractivity contribution in [2.45, 2.75) is 13.8 Å². The number of rotatable bonds is 3. The van der Waals surface area contributed by atoms with Gasteiger partial charge in [-0.3, -0.25) is 9.98 Å². The lowest BCUT2D eigenvalue weighted by atomic mass is 10.1. The van der Waals surface area contributed by atoms with E-state index >= 15 is 0 Å². The summed E-state index contributed by atoms with van der Waals surface area (Å²) in [6.07, 6.45) is 0. The van der Waals surface area contributed by atoms with Crippen LogP contribution in [0.5, 0.6) is 0 Å². The molecule has 0 amide bonds. The van der Waals surface area contributed by atoms with Gasteiger partial charge in [-0.2, -0.15) is 0 Å². The van der Waals surface area contributed by atoms with Gasteiger partial charge in [0.25, 0.3) is 0 Å². The Hall–Kier alpha value is -2.42. The minimum atomic E-state index is 0.616. The number of aliphatic imine (C=N–C) groups is 2. The summed E-state index contributed by atoms with van der Waals surface area (Å²) in [6.45, 7) is 6.84. The molecule has 0 radical (unpaired) electrons. The van der Waals surface area contributed by atoms with Gasteiger partial charge in [-0.25, -0.2) is 0 Å². The van der Waals surface area contributed by atoms with Crippen molar-refractivity contribution in [2.75, 3.05) is 19.6 Å². The molecule has 1 aliphatic rings. The summed E-state index contributed by atoms with van der Waals surface area (Å²) in [6, 6.07) is 18.6. The summed E-state index contributed by atoms with van der Waals surface area (Å²) in [5.74, 6) is 1.05. The smallest absolute Gasteiger partial charge is 0.133 e. The molecule has 0 saturated heterocycles. The Morgan fingerprint density at radius 1 is 0.909 bits per heavy atom. The topological polar surface area (TPSA) is 28.0 Å². The maximum absolute atomic E-state index is 4.89. The third kappa shape index (κ3) is 2.80. The van der Waals surface area contributed by atoms with Crippen LogP contribution in [-0.4, -0.2) is 36.1 Å². The molecule has 0 fully saturated rings. The first kappa shape index (κ1) is 14.5. The molecule has 0 N–H and O–H groups in total. The molecule has 3 heteroatoms. The number of hydrogen-bond donors (Lipinski definition) is 0. The number of para-hydroxylation sites is 1. The van der Waals surface area contributed by atoms with Crippen molar-refractivity contribution in [1.29, 1.82) is 0 Å².